The number of benzene rings is 1. The van der Waals surface area contributed by atoms with Crippen LogP contribution in [-0.4, -0.2) is 12.5 Å². The molecule has 1 aromatic rings. The SMILES string of the molecule is CCCCC(CC)COc1ccc(F)cc1C#CCCl. The van der Waals surface area contributed by atoms with Crippen molar-refractivity contribution >= 4 is 11.6 Å². The van der Waals surface area contributed by atoms with E-state index >= 15 is 0 Å². The van der Waals surface area contributed by atoms with E-state index < -0.39 is 0 Å². The Morgan fingerprint density at radius 3 is 2.80 bits per heavy atom. The smallest absolute Gasteiger partial charge is 0.135 e. The molecule has 1 rings (SSSR count). The number of rotatable bonds is 7. The lowest BCUT2D eigenvalue weighted by atomic mass is 10.0. The number of hydrogen-bond donors (Lipinski definition) is 0. The van der Waals surface area contributed by atoms with Crippen molar-refractivity contribution in [3.8, 4) is 17.6 Å². The van der Waals surface area contributed by atoms with E-state index in [1.165, 1.54) is 25.0 Å². The fourth-order valence-electron chi connectivity index (χ4n) is 1.96. The molecule has 0 fully saturated rings. The molecular weight excluding hydrogens is 275 g/mol. The second-order valence-electron chi connectivity index (χ2n) is 4.80. The molecule has 0 bridgehead atoms. The Hall–Kier alpha value is -1.20. The summed E-state index contributed by atoms with van der Waals surface area (Å²) in [4.78, 5) is 0. The van der Waals surface area contributed by atoms with Gasteiger partial charge < -0.3 is 4.74 Å². The highest BCUT2D eigenvalue weighted by molar-refractivity contribution is 6.19. The minimum absolute atomic E-state index is 0.226. The van der Waals surface area contributed by atoms with Crippen LogP contribution in [0.25, 0.3) is 0 Å². The second kappa shape index (κ2) is 9.66. The van der Waals surface area contributed by atoms with Gasteiger partial charge in [-0.15, -0.1) is 11.6 Å². The van der Waals surface area contributed by atoms with Crippen LogP contribution in [0.2, 0.25) is 0 Å². The van der Waals surface area contributed by atoms with Crippen molar-refractivity contribution in [1.29, 1.82) is 0 Å². The number of hydrogen-bond acceptors (Lipinski definition) is 1. The molecule has 1 aromatic carbocycles. The number of alkyl halides is 1. The minimum atomic E-state index is -0.311. The van der Waals surface area contributed by atoms with Gasteiger partial charge in [0.05, 0.1) is 18.1 Å². The molecule has 1 nitrogen and oxygen atoms in total. The molecule has 0 aliphatic rings. The van der Waals surface area contributed by atoms with Gasteiger partial charge in [0.25, 0.3) is 0 Å². The molecule has 1 atom stereocenters. The molecule has 0 spiro atoms. The highest BCUT2D eigenvalue weighted by Gasteiger charge is 2.09. The zero-order valence-electron chi connectivity index (χ0n) is 12.2. The summed E-state index contributed by atoms with van der Waals surface area (Å²) in [5, 5.41) is 0. The van der Waals surface area contributed by atoms with Crippen LogP contribution in [0.4, 0.5) is 4.39 Å². The standard InChI is InChI=1S/C17H22ClFO/c1-3-5-7-14(4-2)13-20-17-10-9-16(19)12-15(17)8-6-11-18/h9-10,12,14H,3-5,7,11,13H2,1-2H3. The van der Waals surface area contributed by atoms with Gasteiger partial charge in [0.15, 0.2) is 0 Å². The average molecular weight is 297 g/mol. The van der Waals surface area contributed by atoms with E-state index in [-0.39, 0.29) is 11.7 Å². The fourth-order valence-corrected chi connectivity index (χ4v) is 2.03. The van der Waals surface area contributed by atoms with Gasteiger partial charge in [0.1, 0.15) is 11.6 Å². The third kappa shape index (κ3) is 5.84. The normalized spacial score (nSPS) is 11.6. The Bertz CT molecular complexity index is 462. The first kappa shape index (κ1) is 16.9. The van der Waals surface area contributed by atoms with Crippen molar-refractivity contribution in [1.82, 2.24) is 0 Å². The second-order valence-corrected chi connectivity index (χ2v) is 5.07. The summed E-state index contributed by atoms with van der Waals surface area (Å²) in [7, 11) is 0. The van der Waals surface area contributed by atoms with Gasteiger partial charge in [-0.3, -0.25) is 0 Å². The summed E-state index contributed by atoms with van der Waals surface area (Å²) >= 11 is 5.54. The summed E-state index contributed by atoms with van der Waals surface area (Å²) in [6.45, 7) is 5.01. The van der Waals surface area contributed by atoms with Gasteiger partial charge in [-0.05, 0) is 30.5 Å². The van der Waals surface area contributed by atoms with E-state index in [1.807, 2.05) is 0 Å². The van der Waals surface area contributed by atoms with Crippen LogP contribution >= 0.6 is 11.6 Å². The monoisotopic (exact) mass is 296 g/mol. The summed E-state index contributed by atoms with van der Waals surface area (Å²) < 4.78 is 19.1. The van der Waals surface area contributed by atoms with Crippen molar-refractivity contribution in [2.45, 2.75) is 39.5 Å². The molecule has 0 radical (unpaired) electrons. The van der Waals surface area contributed by atoms with Crippen molar-refractivity contribution in [2.24, 2.45) is 5.92 Å². The number of halogens is 2. The van der Waals surface area contributed by atoms with Crippen LogP contribution in [0.1, 0.15) is 45.1 Å². The summed E-state index contributed by atoms with van der Waals surface area (Å²) in [6, 6.07) is 4.43. The van der Waals surface area contributed by atoms with Gasteiger partial charge in [0.2, 0.25) is 0 Å². The zero-order chi connectivity index (χ0) is 14.8. The van der Waals surface area contributed by atoms with Gasteiger partial charge in [0, 0.05) is 0 Å². The van der Waals surface area contributed by atoms with Crippen LogP contribution in [0.5, 0.6) is 5.75 Å². The first-order valence-corrected chi connectivity index (χ1v) is 7.71. The predicted octanol–water partition coefficient (Wildman–Crippen LogP) is 5.01. The van der Waals surface area contributed by atoms with E-state index in [9.17, 15) is 4.39 Å². The van der Waals surface area contributed by atoms with E-state index in [1.54, 1.807) is 6.07 Å². The van der Waals surface area contributed by atoms with Gasteiger partial charge >= 0.3 is 0 Å². The molecule has 1 unspecified atom stereocenters. The summed E-state index contributed by atoms with van der Waals surface area (Å²) in [5.41, 5.74) is 0.566. The van der Waals surface area contributed by atoms with Gasteiger partial charge in [-0.1, -0.05) is 45.0 Å². The molecule has 0 amide bonds. The maximum atomic E-state index is 13.2. The molecule has 110 valence electrons. The van der Waals surface area contributed by atoms with Crippen molar-refractivity contribution < 1.29 is 9.13 Å². The van der Waals surface area contributed by atoms with Crippen LogP contribution < -0.4 is 4.74 Å². The number of ether oxygens (including phenoxy) is 1. The highest BCUT2D eigenvalue weighted by atomic mass is 35.5. The van der Waals surface area contributed by atoms with Crippen molar-refractivity contribution in [3.05, 3.63) is 29.6 Å². The largest absolute Gasteiger partial charge is 0.492 e. The average Bonchev–Trinajstić information content (AvgIpc) is 2.46. The topological polar surface area (TPSA) is 9.23 Å². The molecule has 0 aromatic heterocycles. The maximum Gasteiger partial charge on any atom is 0.135 e. The van der Waals surface area contributed by atoms with Gasteiger partial charge in [-0.25, -0.2) is 4.39 Å². The Balaban J connectivity index is 2.70. The Morgan fingerprint density at radius 1 is 1.35 bits per heavy atom. The quantitative estimate of drug-likeness (QED) is 0.507. The predicted molar refractivity (Wildman–Crippen MR) is 82.8 cm³/mol. The number of unbranched alkanes of at least 4 members (excludes halogenated alkanes) is 1. The minimum Gasteiger partial charge on any atom is -0.492 e. The Labute approximate surface area is 126 Å². The highest BCUT2D eigenvalue weighted by Crippen LogP contribution is 2.21. The first-order valence-electron chi connectivity index (χ1n) is 7.18. The first-order chi connectivity index (χ1) is 9.71. The maximum absolute atomic E-state index is 13.2. The van der Waals surface area contributed by atoms with Crippen molar-refractivity contribution in [3.63, 3.8) is 0 Å². The van der Waals surface area contributed by atoms with E-state index in [0.717, 1.165) is 12.8 Å². The molecule has 0 saturated heterocycles. The lowest BCUT2D eigenvalue weighted by Gasteiger charge is -2.16. The molecular formula is C17H22ClFO. The van der Waals surface area contributed by atoms with E-state index in [0.29, 0.717) is 23.8 Å². The Kier molecular flexibility index (Phi) is 8.14. The lowest BCUT2D eigenvalue weighted by molar-refractivity contribution is 0.232. The molecule has 0 saturated carbocycles. The molecule has 0 heterocycles. The van der Waals surface area contributed by atoms with E-state index in [4.69, 9.17) is 16.3 Å². The molecule has 0 aliphatic heterocycles. The molecule has 20 heavy (non-hydrogen) atoms. The van der Waals surface area contributed by atoms with Crippen LogP contribution in [0.3, 0.4) is 0 Å². The third-order valence-electron chi connectivity index (χ3n) is 3.25. The van der Waals surface area contributed by atoms with Gasteiger partial charge in [-0.2, -0.15) is 0 Å². The Morgan fingerprint density at radius 2 is 2.15 bits per heavy atom. The van der Waals surface area contributed by atoms with Crippen LogP contribution in [0.15, 0.2) is 18.2 Å². The van der Waals surface area contributed by atoms with Crippen LogP contribution in [0, 0.1) is 23.6 Å². The van der Waals surface area contributed by atoms with Crippen LogP contribution in [-0.2, 0) is 0 Å². The lowest BCUT2D eigenvalue weighted by Crippen LogP contribution is -2.12. The molecule has 3 heteroatoms. The third-order valence-corrected chi connectivity index (χ3v) is 3.38. The summed E-state index contributed by atoms with van der Waals surface area (Å²) in [5.74, 6) is 6.67. The zero-order valence-corrected chi connectivity index (χ0v) is 13.0. The summed E-state index contributed by atoms with van der Waals surface area (Å²) in [6.07, 6.45) is 4.66. The van der Waals surface area contributed by atoms with Crippen molar-refractivity contribution in [2.75, 3.05) is 12.5 Å². The fraction of sp³-hybridized carbons (Fsp3) is 0.529. The molecule has 0 aliphatic carbocycles. The molecule has 0 N–H and O–H groups in total. The van der Waals surface area contributed by atoms with E-state index in [2.05, 4.69) is 25.7 Å².